The Morgan fingerprint density at radius 2 is 2.44 bits per heavy atom. The zero-order chi connectivity index (χ0) is 10.8. The van der Waals surface area contributed by atoms with E-state index in [4.69, 9.17) is 4.74 Å². The van der Waals surface area contributed by atoms with Gasteiger partial charge in [0.2, 0.25) is 0 Å². The second-order valence-electron chi connectivity index (χ2n) is 4.48. The topological polar surface area (TPSA) is 21.3 Å². The Kier molecular flexibility index (Phi) is 3.06. The van der Waals surface area contributed by atoms with Crippen LogP contribution >= 0.6 is 11.8 Å². The van der Waals surface area contributed by atoms with Gasteiger partial charge in [-0.1, -0.05) is 12.1 Å². The third-order valence-electron chi connectivity index (χ3n) is 3.28. The summed E-state index contributed by atoms with van der Waals surface area (Å²) in [5.74, 6) is 3.67. The van der Waals surface area contributed by atoms with Crippen molar-refractivity contribution < 1.29 is 4.74 Å². The lowest BCUT2D eigenvalue weighted by Crippen LogP contribution is -2.27. The molecular formula is C13H17NOS. The Morgan fingerprint density at radius 3 is 3.31 bits per heavy atom. The molecule has 16 heavy (non-hydrogen) atoms. The highest BCUT2D eigenvalue weighted by molar-refractivity contribution is 7.99. The highest BCUT2D eigenvalue weighted by atomic mass is 32.2. The second-order valence-corrected chi connectivity index (χ2v) is 5.63. The summed E-state index contributed by atoms with van der Waals surface area (Å²) in [4.78, 5) is 0. The molecule has 0 spiro atoms. The quantitative estimate of drug-likeness (QED) is 0.868. The highest BCUT2D eigenvalue weighted by Crippen LogP contribution is 2.26. The van der Waals surface area contributed by atoms with Crippen molar-refractivity contribution in [3.05, 3.63) is 29.3 Å². The van der Waals surface area contributed by atoms with Gasteiger partial charge in [0.15, 0.2) is 0 Å². The molecule has 0 amide bonds. The molecule has 0 aromatic heterocycles. The van der Waals surface area contributed by atoms with Gasteiger partial charge in [0.1, 0.15) is 5.75 Å². The predicted octanol–water partition coefficient (Wildman–Crippen LogP) is 2.22. The molecule has 2 aliphatic rings. The zero-order valence-corrected chi connectivity index (χ0v) is 10.2. The van der Waals surface area contributed by atoms with E-state index in [-0.39, 0.29) is 0 Å². The molecule has 2 aliphatic heterocycles. The van der Waals surface area contributed by atoms with Crippen LogP contribution in [0.25, 0.3) is 0 Å². The van der Waals surface area contributed by atoms with Crippen LogP contribution in [0.2, 0.25) is 0 Å². The Morgan fingerprint density at radius 1 is 1.44 bits per heavy atom. The van der Waals surface area contributed by atoms with Crippen LogP contribution in [0.5, 0.6) is 5.75 Å². The van der Waals surface area contributed by atoms with E-state index in [0.717, 1.165) is 31.4 Å². The lowest BCUT2D eigenvalue weighted by Gasteiger charge is -2.11. The van der Waals surface area contributed by atoms with Crippen LogP contribution in [0, 0.1) is 0 Å². The minimum absolute atomic E-state index is 0.717. The van der Waals surface area contributed by atoms with Crippen molar-refractivity contribution in [2.75, 3.05) is 18.1 Å². The number of hydrogen-bond donors (Lipinski definition) is 1. The number of rotatable bonds is 3. The molecule has 1 fully saturated rings. The fraction of sp³-hybridized carbons (Fsp3) is 0.538. The van der Waals surface area contributed by atoms with Crippen LogP contribution in [0.3, 0.4) is 0 Å². The lowest BCUT2D eigenvalue weighted by atomic mass is 10.1. The summed E-state index contributed by atoms with van der Waals surface area (Å²) < 4.78 is 5.51. The van der Waals surface area contributed by atoms with Gasteiger partial charge in [-0.25, -0.2) is 0 Å². The van der Waals surface area contributed by atoms with Crippen LogP contribution in [0.15, 0.2) is 18.2 Å². The predicted molar refractivity (Wildman–Crippen MR) is 68.2 cm³/mol. The van der Waals surface area contributed by atoms with Gasteiger partial charge >= 0.3 is 0 Å². The maximum absolute atomic E-state index is 5.51. The largest absolute Gasteiger partial charge is 0.493 e. The van der Waals surface area contributed by atoms with E-state index < -0.39 is 0 Å². The molecule has 0 aliphatic carbocycles. The molecule has 86 valence electrons. The van der Waals surface area contributed by atoms with Crippen molar-refractivity contribution in [2.24, 2.45) is 0 Å². The van der Waals surface area contributed by atoms with E-state index in [1.54, 1.807) is 0 Å². The summed E-state index contributed by atoms with van der Waals surface area (Å²) in [6.45, 7) is 1.85. The average molecular weight is 235 g/mol. The van der Waals surface area contributed by atoms with Crippen molar-refractivity contribution in [3.63, 3.8) is 0 Å². The van der Waals surface area contributed by atoms with Crippen LogP contribution in [-0.4, -0.2) is 24.2 Å². The Labute approximate surface area is 101 Å². The Balaban J connectivity index is 1.61. The first-order valence-corrected chi connectivity index (χ1v) is 7.13. The molecule has 3 heteroatoms. The van der Waals surface area contributed by atoms with Gasteiger partial charge in [-0.05, 0) is 29.4 Å². The number of ether oxygens (including phenoxy) is 1. The zero-order valence-electron chi connectivity index (χ0n) is 9.37. The summed E-state index contributed by atoms with van der Waals surface area (Å²) in [6.07, 6.45) is 2.39. The van der Waals surface area contributed by atoms with Gasteiger partial charge in [0.05, 0.1) is 6.61 Å². The first-order valence-electron chi connectivity index (χ1n) is 5.97. The van der Waals surface area contributed by atoms with Gasteiger partial charge in [-0.3, -0.25) is 0 Å². The van der Waals surface area contributed by atoms with E-state index >= 15 is 0 Å². The summed E-state index contributed by atoms with van der Waals surface area (Å²) in [5.41, 5.74) is 2.77. The molecule has 1 N–H and O–H groups in total. The van der Waals surface area contributed by atoms with Crippen molar-refractivity contribution >= 4 is 11.8 Å². The van der Waals surface area contributed by atoms with Crippen molar-refractivity contribution in [1.29, 1.82) is 0 Å². The first-order chi connectivity index (χ1) is 7.92. The van der Waals surface area contributed by atoms with E-state index in [2.05, 4.69) is 35.3 Å². The molecule has 1 aromatic rings. The summed E-state index contributed by atoms with van der Waals surface area (Å²) in [6, 6.07) is 7.30. The highest BCUT2D eigenvalue weighted by Gasteiger charge is 2.15. The molecule has 0 saturated carbocycles. The summed E-state index contributed by atoms with van der Waals surface area (Å²) >= 11 is 2.05. The number of hydrogen-bond acceptors (Lipinski definition) is 3. The van der Waals surface area contributed by atoms with Crippen LogP contribution in [0.1, 0.15) is 17.5 Å². The van der Waals surface area contributed by atoms with Gasteiger partial charge in [0.25, 0.3) is 0 Å². The standard InChI is InChI=1S/C13H17NOS/c1-2-13-11(3-5-15-13)7-10(1)8-14-12-4-6-16-9-12/h1-2,7,12,14H,3-6,8-9H2. The van der Waals surface area contributed by atoms with Crippen LogP contribution in [-0.2, 0) is 13.0 Å². The smallest absolute Gasteiger partial charge is 0.122 e. The van der Waals surface area contributed by atoms with Crippen molar-refractivity contribution in [1.82, 2.24) is 5.32 Å². The van der Waals surface area contributed by atoms with E-state index in [1.807, 2.05) is 0 Å². The maximum atomic E-state index is 5.51. The maximum Gasteiger partial charge on any atom is 0.122 e. The first kappa shape index (κ1) is 10.5. The van der Waals surface area contributed by atoms with Crippen LogP contribution < -0.4 is 10.1 Å². The lowest BCUT2D eigenvalue weighted by molar-refractivity contribution is 0.357. The van der Waals surface area contributed by atoms with E-state index in [0.29, 0.717) is 0 Å². The van der Waals surface area contributed by atoms with E-state index in [9.17, 15) is 0 Å². The second kappa shape index (κ2) is 4.68. The average Bonchev–Trinajstić information content (AvgIpc) is 2.97. The molecule has 1 atom stereocenters. The van der Waals surface area contributed by atoms with Crippen molar-refractivity contribution in [2.45, 2.75) is 25.4 Å². The van der Waals surface area contributed by atoms with Gasteiger partial charge in [0, 0.05) is 24.8 Å². The number of benzene rings is 1. The fourth-order valence-corrected chi connectivity index (χ4v) is 3.49. The normalized spacial score (nSPS) is 23.1. The fourth-order valence-electron chi connectivity index (χ4n) is 2.31. The molecule has 1 saturated heterocycles. The number of fused-ring (bicyclic) bond motifs is 1. The van der Waals surface area contributed by atoms with Crippen LogP contribution in [0.4, 0.5) is 0 Å². The third kappa shape index (κ3) is 2.20. The SMILES string of the molecule is c1cc2c(cc1CNC1CCSC1)CCO2. The molecule has 0 radical (unpaired) electrons. The summed E-state index contributed by atoms with van der Waals surface area (Å²) in [5, 5.41) is 3.63. The molecule has 1 aromatic carbocycles. The van der Waals surface area contributed by atoms with Gasteiger partial charge in [-0.2, -0.15) is 11.8 Å². The minimum Gasteiger partial charge on any atom is -0.493 e. The van der Waals surface area contributed by atoms with E-state index in [1.165, 1.54) is 29.1 Å². The monoisotopic (exact) mass is 235 g/mol. The molecular weight excluding hydrogens is 218 g/mol. The summed E-state index contributed by atoms with van der Waals surface area (Å²) in [7, 11) is 0. The molecule has 0 bridgehead atoms. The minimum atomic E-state index is 0.717. The molecule has 2 nitrogen and oxygen atoms in total. The van der Waals surface area contributed by atoms with Crippen molar-refractivity contribution in [3.8, 4) is 5.75 Å². The van der Waals surface area contributed by atoms with Gasteiger partial charge in [-0.15, -0.1) is 0 Å². The Hall–Kier alpha value is -0.670. The molecule has 3 rings (SSSR count). The van der Waals surface area contributed by atoms with Gasteiger partial charge < -0.3 is 10.1 Å². The molecule has 2 heterocycles. The molecule has 1 unspecified atom stereocenters. The number of nitrogens with one attached hydrogen (secondary N) is 1. The number of thioether (sulfide) groups is 1. The third-order valence-corrected chi connectivity index (χ3v) is 4.44. The Bertz CT molecular complexity index is 374.